The highest BCUT2D eigenvalue weighted by Gasteiger charge is 2.34. The van der Waals surface area contributed by atoms with Crippen LogP contribution in [-0.4, -0.2) is 49.4 Å². The fourth-order valence-electron chi connectivity index (χ4n) is 4.47. The summed E-state index contributed by atoms with van der Waals surface area (Å²) < 4.78 is 5.44. The first-order chi connectivity index (χ1) is 16.6. The molecule has 1 amide bonds. The number of carbonyl (C=O) groups is 1. The Kier molecular flexibility index (Phi) is 6.03. The van der Waals surface area contributed by atoms with E-state index in [1.54, 1.807) is 31.9 Å². The van der Waals surface area contributed by atoms with E-state index in [1.165, 1.54) is 0 Å². The van der Waals surface area contributed by atoms with Crippen molar-refractivity contribution in [2.75, 3.05) is 13.7 Å². The van der Waals surface area contributed by atoms with Gasteiger partial charge in [-0.2, -0.15) is 0 Å². The lowest BCUT2D eigenvalue weighted by Crippen LogP contribution is -2.31. The molecule has 8 nitrogen and oxygen atoms in total. The fraction of sp³-hybridized carbons (Fsp3) is 0.269. The number of aromatic nitrogens is 5. The zero-order valence-electron chi connectivity index (χ0n) is 19.2. The van der Waals surface area contributed by atoms with Crippen LogP contribution in [0.5, 0.6) is 5.75 Å². The molecule has 4 heterocycles. The molecule has 4 aromatic rings. The molecule has 0 radical (unpaired) electrons. The molecular weight excluding hydrogens is 428 g/mol. The highest BCUT2D eigenvalue weighted by Crippen LogP contribution is 2.35. The van der Waals surface area contributed by atoms with Gasteiger partial charge in [0, 0.05) is 54.7 Å². The van der Waals surface area contributed by atoms with Crippen molar-refractivity contribution in [3.63, 3.8) is 0 Å². The second kappa shape index (κ2) is 9.43. The van der Waals surface area contributed by atoms with E-state index in [0.29, 0.717) is 30.0 Å². The third kappa shape index (κ3) is 4.26. The smallest absolute Gasteiger partial charge is 0.255 e. The molecule has 8 heteroatoms. The number of hydrogen-bond acceptors (Lipinski definition) is 6. The Bertz CT molecular complexity index is 1300. The summed E-state index contributed by atoms with van der Waals surface area (Å²) in [7, 11) is 1.66. The maximum atomic E-state index is 13.4. The summed E-state index contributed by atoms with van der Waals surface area (Å²) >= 11 is 0. The molecule has 1 atom stereocenters. The van der Waals surface area contributed by atoms with Gasteiger partial charge in [-0.3, -0.25) is 14.8 Å². The molecule has 1 N–H and O–H groups in total. The van der Waals surface area contributed by atoms with Crippen molar-refractivity contribution in [3.05, 3.63) is 89.4 Å². The summed E-state index contributed by atoms with van der Waals surface area (Å²) in [5.41, 5.74) is 4.90. The fourth-order valence-corrected chi connectivity index (χ4v) is 4.47. The van der Waals surface area contributed by atoms with Crippen LogP contribution in [0.25, 0.3) is 11.5 Å². The quantitative estimate of drug-likeness (QED) is 0.470. The van der Waals surface area contributed by atoms with E-state index in [1.807, 2.05) is 48.2 Å². The zero-order chi connectivity index (χ0) is 23.5. The van der Waals surface area contributed by atoms with Gasteiger partial charge in [0.05, 0.1) is 24.4 Å². The minimum atomic E-state index is -0.158. The van der Waals surface area contributed by atoms with Crippen LogP contribution in [0.2, 0.25) is 0 Å². The second-order valence-electron chi connectivity index (χ2n) is 8.39. The number of H-pyrrole nitrogens is 1. The second-order valence-corrected chi connectivity index (χ2v) is 8.39. The third-order valence-electron chi connectivity index (χ3n) is 6.12. The standard InChI is InChI=1S/C26H26N6O2/c1-17-15-30-25(31-17)24-23(27-11-12-28-24)21-7-5-13-32(21)26(33)19-9-10-20(29-16-19)14-18-6-3-4-8-22(18)34-2/h3-4,6,8-12,15-16,21H,5,7,13-14H2,1-2H3,(H,30,31)/t21-/m1/s1. The topological polar surface area (TPSA) is 96.9 Å². The van der Waals surface area contributed by atoms with Gasteiger partial charge in [-0.05, 0) is 38.0 Å². The summed E-state index contributed by atoms with van der Waals surface area (Å²) in [6, 6.07) is 11.5. The van der Waals surface area contributed by atoms with Crippen molar-refractivity contribution < 1.29 is 9.53 Å². The minimum absolute atomic E-state index is 0.0499. The first-order valence-electron chi connectivity index (χ1n) is 11.3. The van der Waals surface area contributed by atoms with Crippen LogP contribution in [0.3, 0.4) is 0 Å². The molecule has 172 valence electrons. The molecule has 1 saturated heterocycles. The molecule has 0 aliphatic carbocycles. The Balaban J connectivity index is 1.37. The summed E-state index contributed by atoms with van der Waals surface area (Å²) in [5, 5.41) is 0. The molecule has 1 aliphatic rings. The van der Waals surface area contributed by atoms with Crippen molar-refractivity contribution in [1.82, 2.24) is 29.8 Å². The van der Waals surface area contributed by atoms with Gasteiger partial charge in [-0.15, -0.1) is 0 Å². The number of nitrogens with zero attached hydrogens (tertiary/aromatic N) is 5. The first-order valence-corrected chi connectivity index (χ1v) is 11.3. The lowest BCUT2D eigenvalue weighted by Gasteiger charge is -2.25. The number of likely N-dealkylation sites (tertiary alicyclic amines) is 1. The van der Waals surface area contributed by atoms with Gasteiger partial charge in [0.15, 0.2) is 5.82 Å². The Morgan fingerprint density at radius 1 is 1.09 bits per heavy atom. The van der Waals surface area contributed by atoms with Crippen molar-refractivity contribution in [2.24, 2.45) is 0 Å². The number of imidazole rings is 1. The van der Waals surface area contributed by atoms with E-state index < -0.39 is 0 Å². The maximum Gasteiger partial charge on any atom is 0.255 e. The molecular formula is C26H26N6O2. The number of benzene rings is 1. The van der Waals surface area contributed by atoms with E-state index >= 15 is 0 Å². The molecule has 1 fully saturated rings. The van der Waals surface area contributed by atoms with Crippen molar-refractivity contribution in [2.45, 2.75) is 32.2 Å². The number of carbonyl (C=O) groups excluding carboxylic acids is 1. The van der Waals surface area contributed by atoms with Gasteiger partial charge in [0.25, 0.3) is 5.91 Å². The van der Waals surface area contributed by atoms with E-state index in [0.717, 1.165) is 41.2 Å². The molecule has 1 aliphatic heterocycles. The number of ether oxygens (including phenoxy) is 1. The third-order valence-corrected chi connectivity index (χ3v) is 6.12. The number of aromatic amines is 1. The molecule has 0 bridgehead atoms. The number of rotatable bonds is 6. The molecule has 3 aromatic heterocycles. The minimum Gasteiger partial charge on any atom is -0.496 e. The predicted octanol–water partition coefficient (Wildman–Crippen LogP) is 4.15. The van der Waals surface area contributed by atoms with Crippen LogP contribution in [0, 0.1) is 6.92 Å². The van der Waals surface area contributed by atoms with Gasteiger partial charge >= 0.3 is 0 Å². The summed E-state index contributed by atoms with van der Waals surface area (Å²) in [6.07, 6.45) is 9.13. The maximum absolute atomic E-state index is 13.4. The van der Waals surface area contributed by atoms with Crippen LogP contribution in [0.15, 0.2) is 61.2 Å². The van der Waals surface area contributed by atoms with Crippen molar-refractivity contribution >= 4 is 5.91 Å². The summed E-state index contributed by atoms with van der Waals surface area (Å²) in [6.45, 7) is 2.61. The normalized spacial score (nSPS) is 15.5. The molecule has 0 unspecified atom stereocenters. The van der Waals surface area contributed by atoms with E-state index in [-0.39, 0.29) is 11.9 Å². The first kappa shape index (κ1) is 21.8. The van der Waals surface area contributed by atoms with Crippen LogP contribution >= 0.6 is 0 Å². The van der Waals surface area contributed by atoms with Gasteiger partial charge in [0.2, 0.25) is 0 Å². The lowest BCUT2D eigenvalue weighted by molar-refractivity contribution is 0.0732. The lowest BCUT2D eigenvalue weighted by atomic mass is 10.1. The van der Waals surface area contributed by atoms with Gasteiger partial charge in [0.1, 0.15) is 11.4 Å². The Morgan fingerprint density at radius 2 is 1.94 bits per heavy atom. The predicted molar refractivity (Wildman–Crippen MR) is 127 cm³/mol. The van der Waals surface area contributed by atoms with Crippen LogP contribution in [-0.2, 0) is 6.42 Å². The molecule has 0 spiro atoms. The number of methoxy groups -OCH3 is 1. The van der Waals surface area contributed by atoms with Crippen LogP contribution in [0.1, 0.15) is 51.9 Å². The van der Waals surface area contributed by atoms with E-state index in [4.69, 9.17) is 4.74 Å². The number of para-hydroxylation sites is 1. The molecule has 34 heavy (non-hydrogen) atoms. The Hall–Kier alpha value is -4.07. The largest absolute Gasteiger partial charge is 0.496 e. The number of hydrogen-bond donors (Lipinski definition) is 1. The van der Waals surface area contributed by atoms with Crippen molar-refractivity contribution in [3.8, 4) is 17.3 Å². The molecule has 0 saturated carbocycles. The Morgan fingerprint density at radius 3 is 2.71 bits per heavy atom. The van der Waals surface area contributed by atoms with Gasteiger partial charge in [-0.25, -0.2) is 9.97 Å². The van der Waals surface area contributed by atoms with Crippen LogP contribution < -0.4 is 4.74 Å². The number of pyridine rings is 1. The monoisotopic (exact) mass is 454 g/mol. The van der Waals surface area contributed by atoms with Gasteiger partial charge < -0.3 is 14.6 Å². The summed E-state index contributed by atoms with van der Waals surface area (Å²) in [4.78, 5) is 36.7. The van der Waals surface area contributed by atoms with E-state index in [2.05, 4.69) is 24.9 Å². The average molecular weight is 455 g/mol. The number of nitrogens with one attached hydrogen (secondary N) is 1. The average Bonchev–Trinajstić information content (AvgIpc) is 3.54. The van der Waals surface area contributed by atoms with Crippen LogP contribution in [0.4, 0.5) is 0 Å². The van der Waals surface area contributed by atoms with Crippen molar-refractivity contribution in [1.29, 1.82) is 0 Å². The highest BCUT2D eigenvalue weighted by atomic mass is 16.5. The number of aryl methyl sites for hydroxylation is 1. The summed E-state index contributed by atoms with van der Waals surface area (Å²) in [5.74, 6) is 1.45. The highest BCUT2D eigenvalue weighted by molar-refractivity contribution is 5.94. The number of amides is 1. The Labute approximate surface area is 198 Å². The molecule has 5 rings (SSSR count). The zero-order valence-corrected chi connectivity index (χ0v) is 19.2. The van der Waals surface area contributed by atoms with Gasteiger partial charge in [-0.1, -0.05) is 18.2 Å². The van der Waals surface area contributed by atoms with E-state index in [9.17, 15) is 4.79 Å². The molecule has 1 aromatic carbocycles. The SMILES string of the molecule is COc1ccccc1Cc1ccc(C(=O)N2CCC[C@@H]2c2nccnc2-c2ncc(C)[nH]2)cn1.